The van der Waals surface area contributed by atoms with E-state index in [1.165, 1.54) is 18.3 Å². The molecule has 0 aromatic carbocycles. The Hall–Kier alpha value is -1.62. The lowest BCUT2D eigenvalue weighted by molar-refractivity contribution is -0.139. The van der Waals surface area contributed by atoms with Crippen LogP contribution in [-0.2, 0) is 4.79 Å². The minimum atomic E-state index is -1.04. The van der Waals surface area contributed by atoms with E-state index in [0.717, 1.165) is 12.8 Å². The van der Waals surface area contributed by atoms with Crippen LogP contribution in [0.25, 0.3) is 0 Å². The Balaban J connectivity index is 2.66. The smallest absolute Gasteiger partial charge is 0.326 e. The molecule has 1 heterocycles. The first-order valence-corrected chi connectivity index (χ1v) is 6.07. The molecule has 0 aliphatic heterocycles. The molecule has 18 heavy (non-hydrogen) atoms. The first-order valence-electron chi connectivity index (χ1n) is 5.69. The van der Waals surface area contributed by atoms with Gasteiger partial charge in [0, 0.05) is 6.20 Å². The van der Waals surface area contributed by atoms with Gasteiger partial charge in [-0.2, -0.15) is 0 Å². The van der Waals surface area contributed by atoms with Crippen molar-refractivity contribution in [1.29, 1.82) is 0 Å². The number of carbonyl (C=O) groups is 2. The molecule has 0 bridgehead atoms. The van der Waals surface area contributed by atoms with Crippen LogP contribution in [0.5, 0.6) is 0 Å². The molecule has 1 atom stereocenters. The number of carboxylic acid groups (broad SMARTS) is 1. The molecular formula is C12H15ClN2O3. The van der Waals surface area contributed by atoms with Crippen LogP contribution in [0.1, 0.15) is 36.7 Å². The molecule has 5 nitrogen and oxygen atoms in total. The Bertz CT molecular complexity index is 420. The van der Waals surface area contributed by atoms with Crippen LogP contribution >= 0.6 is 11.6 Å². The number of amides is 1. The van der Waals surface area contributed by atoms with Gasteiger partial charge in [-0.1, -0.05) is 31.4 Å². The zero-order valence-electron chi connectivity index (χ0n) is 10.0. The lowest BCUT2D eigenvalue weighted by Gasteiger charge is -2.13. The van der Waals surface area contributed by atoms with Gasteiger partial charge in [-0.05, 0) is 18.6 Å². The van der Waals surface area contributed by atoms with Crippen molar-refractivity contribution >= 4 is 23.5 Å². The summed E-state index contributed by atoms with van der Waals surface area (Å²) in [5, 5.41) is 11.8. The molecule has 0 radical (unpaired) electrons. The second-order valence-corrected chi connectivity index (χ2v) is 4.30. The van der Waals surface area contributed by atoms with Gasteiger partial charge in [-0.3, -0.25) is 4.79 Å². The van der Waals surface area contributed by atoms with Crippen LogP contribution in [0.2, 0.25) is 5.02 Å². The first-order chi connectivity index (χ1) is 8.54. The highest BCUT2D eigenvalue weighted by molar-refractivity contribution is 6.30. The molecule has 1 amide bonds. The quantitative estimate of drug-likeness (QED) is 0.830. The predicted molar refractivity (Wildman–Crippen MR) is 67.7 cm³/mol. The molecule has 2 N–H and O–H groups in total. The third-order valence-corrected chi connectivity index (χ3v) is 2.63. The number of aromatic nitrogens is 1. The third-order valence-electron chi connectivity index (χ3n) is 2.41. The summed E-state index contributed by atoms with van der Waals surface area (Å²) in [6.45, 7) is 1.96. The van der Waals surface area contributed by atoms with Gasteiger partial charge >= 0.3 is 5.97 Å². The molecule has 0 spiro atoms. The lowest BCUT2D eigenvalue weighted by atomic mass is 10.1. The Morgan fingerprint density at radius 2 is 2.22 bits per heavy atom. The van der Waals surface area contributed by atoms with E-state index in [1.54, 1.807) is 0 Å². The predicted octanol–water partition coefficient (Wildman–Crippen LogP) is 2.11. The first kappa shape index (κ1) is 14.4. The van der Waals surface area contributed by atoms with Crippen molar-refractivity contribution in [3.8, 4) is 0 Å². The largest absolute Gasteiger partial charge is 0.480 e. The molecule has 0 aliphatic carbocycles. The number of rotatable bonds is 6. The van der Waals surface area contributed by atoms with Gasteiger partial charge in [0.05, 0.1) is 5.02 Å². The Kier molecular flexibility index (Phi) is 5.58. The number of hydrogen-bond donors (Lipinski definition) is 2. The van der Waals surface area contributed by atoms with E-state index >= 15 is 0 Å². The molecule has 6 heteroatoms. The molecule has 98 valence electrons. The van der Waals surface area contributed by atoms with E-state index in [9.17, 15) is 9.59 Å². The van der Waals surface area contributed by atoms with Gasteiger partial charge in [-0.25, -0.2) is 9.78 Å². The molecule has 0 saturated carbocycles. The summed E-state index contributed by atoms with van der Waals surface area (Å²) in [4.78, 5) is 26.6. The average molecular weight is 271 g/mol. The van der Waals surface area contributed by atoms with Crippen LogP contribution in [0.15, 0.2) is 18.3 Å². The number of hydrogen-bond acceptors (Lipinski definition) is 3. The highest BCUT2D eigenvalue weighted by Crippen LogP contribution is 2.07. The van der Waals surface area contributed by atoms with E-state index in [1.807, 2.05) is 6.92 Å². The van der Waals surface area contributed by atoms with Gasteiger partial charge in [0.2, 0.25) is 0 Å². The summed E-state index contributed by atoms with van der Waals surface area (Å²) in [6, 6.07) is 2.11. The van der Waals surface area contributed by atoms with Crippen molar-refractivity contribution < 1.29 is 14.7 Å². The van der Waals surface area contributed by atoms with Crippen molar-refractivity contribution in [3.63, 3.8) is 0 Å². The number of nitrogens with zero attached hydrogens (tertiary/aromatic N) is 1. The second-order valence-electron chi connectivity index (χ2n) is 3.87. The van der Waals surface area contributed by atoms with Crippen LogP contribution in [0.4, 0.5) is 0 Å². The zero-order valence-corrected chi connectivity index (χ0v) is 10.8. The zero-order chi connectivity index (χ0) is 13.5. The summed E-state index contributed by atoms with van der Waals surface area (Å²) in [7, 11) is 0. The summed E-state index contributed by atoms with van der Waals surface area (Å²) in [6.07, 6.45) is 3.37. The number of carboxylic acids is 1. The van der Waals surface area contributed by atoms with Gasteiger partial charge in [-0.15, -0.1) is 0 Å². The minimum absolute atomic E-state index is 0.155. The second kappa shape index (κ2) is 6.96. The maximum Gasteiger partial charge on any atom is 0.326 e. The number of carbonyl (C=O) groups excluding carboxylic acids is 1. The van der Waals surface area contributed by atoms with Crippen molar-refractivity contribution in [1.82, 2.24) is 10.3 Å². The van der Waals surface area contributed by atoms with Crippen LogP contribution < -0.4 is 5.32 Å². The van der Waals surface area contributed by atoms with Crippen LogP contribution in [0, 0.1) is 0 Å². The normalized spacial score (nSPS) is 11.9. The molecule has 1 aromatic heterocycles. The molecule has 0 fully saturated rings. The summed E-state index contributed by atoms with van der Waals surface area (Å²) < 4.78 is 0. The highest BCUT2D eigenvalue weighted by Gasteiger charge is 2.20. The van der Waals surface area contributed by atoms with Gasteiger partial charge in [0.1, 0.15) is 11.7 Å². The molecule has 1 rings (SSSR count). The van der Waals surface area contributed by atoms with Gasteiger partial charge < -0.3 is 10.4 Å². The summed E-state index contributed by atoms with van der Waals surface area (Å²) in [5.74, 6) is -1.54. The van der Waals surface area contributed by atoms with E-state index in [0.29, 0.717) is 11.4 Å². The molecule has 1 aromatic rings. The average Bonchev–Trinajstić information content (AvgIpc) is 2.34. The maximum atomic E-state index is 11.8. The van der Waals surface area contributed by atoms with Crippen molar-refractivity contribution in [3.05, 3.63) is 29.0 Å². The van der Waals surface area contributed by atoms with Crippen molar-refractivity contribution in [2.24, 2.45) is 0 Å². The number of halogens is 1. The van der Waals surface area contributed by atoms with E-state index in [2.05, 4.69) is 10.3 Å². The number of pyridine rings is 1. The molecule has 0 aliphatic rings. The Morgan fingerprint density at radius 3 is 2.72 bits per heavy atom. The van der Waals surface area contributed by atoms with Crippen molar-refractivity contribution in [2.75, 3.05) is 0 Å². The maximum absolute atomic E-state index is 11.8. The molecule has 0 saturated heterocycles. The number of nitrogens with one attached hydrogen (secondary N) is 1. The standard InChI is InChI=1S/C12H15ClN2O3/c1-2-3-4-10(12(17)18)15-11(16)9-6-5-8(13)7-14-9/h5-7,10H,2-4H2,1H3,(H,15,16)(H,17,18). The fraction of sp³-hybridized carbons (Fsp3) is 0.417. The minimum Gasteiger partial charge on any atom is -0.480 e. The molecule has 1 unspecified atom stereocenters. The number of unbranched alkanes of at least 4 members (excludes halogenated alkanes) is 1. The fourth-order valence-electron chi connectivity index (χ4n) is 1.41. The van der Waals surface area contributed by atoms with Crippen LogP contribution in [0.3, 0.4) is 0 Å². The van der Waals surface area contributed by atoms with Gasteiger partial charge in [0.25, 0.3) is 5.91 Å². The third kappa shape index (κ3) is 4.33. The van der Waals surface area contributed by atoms with E-state index in [-0.39, 0.29) is 5.69 Å². The van der Waals surface area contributed by atoms with E-state index in [4.69, 9.17) is 16.7 Å². The fourth-order valence-corrected chi connectivity index (χ4v) is 1.52. The summed E-state index contributed by atoms with van der Waals surface area (Å²) in [5.41, 5.74) is 0.155. The number of aliphatic carboxylic acids is 1. The topological polar surface area (TPSA) is 79.3 Å². The van der Waals surface area contributed by atoms with Gasteiger partial charge in [0.15, 0.2) is 0 Å². The monoisotopic (exact) mass is 270 g/mol. The SMILES string of the molecule is CCCCC(NC(=O)c1ccc(Cl)cn1)C(=O)O. The highest BCUT2D eigenvalue weighted by atomic mass is 35.5. The molecular weight excluding hydrogens is 256 g/mol. The van der Waals surface area contributed by atoms with E-state index < -0.39 is 17.9 Å². The van der Waals surface area contributed by atoms with Crippen LogP contribution in [-0.4, -0.2) is 28.0 Å². The lowest BCUT2D eigenvalue weighted by Crippen LogP contribution is -2.41. The Labute approximate surface area is 110 Å². The van der Waals surface area contributed by atoms with Crippen molar-refractivity contribution in [2.45, 2.75) is 32.2 Å². The summed E-state index contributed by atoms with van der Waals surface area (Å²) >= 11 is 5.65. The Morgan fingerprint density at radius 1 is 1.50 bits per heavy atom.